The Morgan fingerprint density at radius 2 is 2.00 bits per heavy atom. The topological polar surface area (TPSA) is 94.8 Å². The highest BCUT2D eigenvalue weighted by Gasteiger charge is 2.23. The highest BCUT2D eigenvalue weighted by molar-refractivity contribution is 7.17. The molecule has 1 N–H and O–H groups in total. The molecule has 0 saturated carbocycles. The zero-order valence-electron chi connectivity index (χ0n) is 16.6. The van der Waals surface area contributed by atoms with Gasteiger partial charge in [-0.1, -0.05) is 6.07 Å². The number of hydrogen-bond acceptors (Lipinski definition) is 8. The lowest BCUT2D eigenvalue weighted by Crippen LogP contribution is -2.21. The van der Waals surface area contributed by atoms with E-state index in [0.29, 0.717) is 27.5 Å². The average Bonchev–Trinajstić information content (AvgIpc) is 3.41. The standard InChI is InChI=1S/C22H17NO6S2/c1-12-8-19(25)29-16-9-13(5-6-14(12)16)28-10-18(24)23-21-20(22(26)27-2)15(11-31-21)17-4-3-7-30-17/h3-9,11H,10H2,1-2H3,(H,23,24). The Labute approximate surface area is 184 Å². The van der Waals surface area contributed by atoms with Crippen molar-refractivity contribution in [3.05, 3.63) is 68.7 Å². The molecule has 0 spiro atoms. The number of methoxy groups -OCH3 is 1. The molecule has 1 aromatic carbocycles. The van der Waals surface area contributed by atoms with E-state index in [1.165, 1.54) is 35.8 Å². The number of anilines is 1. The molecule has 4 rings (SSSR count). The number of carbonyl (C=O) groups excluding carboxylic acids is 2. The number of benzene rings is 1. The van der Waals surface area contributed by atoms with Gasteiger partial charge in [0.15, 0.2) is 6.61 Å². The van der Waals surface area contributed by atoms with Crippen LogP contribution in [-0.2, 0) is 9.53 Å². The normalized spacial score (nSPS) is 10.8. The third kappa shape index (κ3) is 4.37. The highest BCUT2D eigenvalue weighted by atomic mass is 32.1. The zero-order valence-corrected chi connectivity index (χ0v) is 18.2. The molecule has 0 fully saturated rings. The van der Waals surface area contributed by atoms with Crippen LogP contribution in [0.2, 0.25) is 0 Å². The second-order valence-electron chi connectivity index (χ2n) is 6.57. The Bertz CT molecular complexity index is 1320. The van der Waals surface area contributed by atoms with Crippen LogP contribution in [0.15, 0.2) is 56.4 Å². The number of rotatable bonds is 6. The summed E-state index contributed by atoms with van der Waals surface area (Å²) in [5.41, 5.74) is 1.75. The third-order valence-corrected chi connectivity index (χ3v) is 6.31. The van der Waals surface area contributed by atoms with E-state index in [4.69, 9.17) is 13.9 Å². The van der Waals surface area contributed by atoms with E-state index in [2.05, 4.69) is 5.32 Å². The van der Waals surface area contributed by atoms with Crippen LogP contribution in [0, 0.1) is 6.92 Å². The van der Waals surface area contributed by atoms with Crippen molar-refractivity contribution in [2.75, 3.05) is 19.0 Å². The Kier molecular flexibility index (Phi) is 5.88. The molecule has 0 unspecified atom stereocenters. The van der Waals surface area contributed by atoms with Crippen LogP contribution in [-0.4, -0.2) is 25.6 Å². The fourth-order valence-corrected chi connectivity index (χ4v) is 4.86. The van der Waals surface area contributed by atoms with E-state index in [-0.39, 0.29) is 6.61 Å². The molecule has 0 bridgehead atoms. The largest absolute Gasteiger partial charge is 0.484 e. The minimum atomic E-state index is -0.527. The molecule has 0 aliphatic rings. The molecule has 0 saturated heterocycles. The molecule has 3 aromatic heterocycles. The summed E-state index contributed by atoms with van der Waals surface area (Å²) in [6, 6.07) is 10.2. The first-order valence-electron chi connectivity index (χ1n) is 9.17. The van der Waals surface area contributed by atoms with Gasteiger partial charge in [-0.15, -0.1) is 22.7 Å². The molecule has 1 amide bonds. The molecule has 0 aliphatic carbocycles. The monoisotopic (exact) mass is 455 g/mol. The van der Waals surface area contributed by atoms with Crippen molar-refractivity contribution in [2.24, 2.45) is 0 Å². The Balaban J connectivity index is 1.50. The maximum absolute atomic E-state index is 12.5. The predicted octanol–water partition coefficient (Wildman–Crippen LogP) is 4.70. The number of nitrogens with one attached hydrogen (secondary N) is 1. The van der Waals surface area contributed by atoms with Crippen LogP contribution in [0.25, 0.3) is 21.4 Å². The number of amides is 1. The van der Waals surface area contributed by atoms with Gasteiger partial charge in [-0.2, -0.15) is 0 Å². The van der Waals surface area contributed by atoms with Crippen LogP contribution in [0.3, 0.4) is 0 Å². The fraction of sp³-hybridized carbons (Fsp3) is 0.136. The molecule has 3 heterocycles. The predicted molar refractivity (Wildman–Crippen MR) is 120 cm³/mol. The number of thiophene rings is 2. The van der Waals surface area contributed by atoms with Crippen molar-refractivity contribution in [1.82, 2.24) is 0 Å². The van der Waals surface area contributed by atoms with Crippen LogP contribution < -0.4 is 15.7 Å². The van der Waals surface area contributed by atoms with Gasteiger partial charge in [-0.25, -0.2) is 9.59 Å². The number of carbonyl (C=O) groups is 2. The van der Waals surface area contributed by atoms with Crippen molar-refractivity contribution >= 4 is 50.5 Å². The molecule has 31 heavy (non-hydrogen) atoms. The van der Waals surface area contributed by atoms with E-state index in [1.807, 2.05) is 29.8 Å². The number of aryl methyl sites for hydroxylation is 1. The second kappa shape index (κ2) is 8.75. The van der Waals surface area contributed by atoms with Crippen molar-refractivity contribution in [1.29, 1.82) is 0 Å². The first-order valence-corrected chi connectivity index (χ1v) is 10.9. The molecule has 0 aliphatic heterocycles. The van der Waals surface area contributed by atoms with Gasteiger partial charge in [-0.05, 0) is 36.1 Å². The molecule has 0 radical (unpaired) electrons. The van der Waals surface area contributed by atoms with Crippen molar-refractivity contribution in [2.45, 2.75) is 6.92 Å². The summed E-state index contributed by atoms with van der Waals surface area (Å²) in [5.74, 6) is -0.577. The fourth-order valence-electron chi connectivity index (χ4n) is 3.07. The summed E-state index contributed by atoms with van der Waals surface area (Å²) in [6.45, 7) is 1.53. The lowest BCUT2D eigenvalue weighted by Gasteiger charge is -2.09. The Hall–Kier alpha value is -3.43. The average molecular weight is 456 g/mol. The molecule has 7 nitrogen and oxygen atoms in total. The van der Waals surface area contributed by atoms with E-state index in [0.717, 1.165) is 15.8 Å². The van der Waals surface area contributed by atoms with Crippen molar-refractivity contribution in [3.63, 3.8) is 0 Å². The minimum Gasteiger partial charge on any atom is -0.484 e. The quantitative estimate of drug-likeness (QED) is 0.335. The lowest BCUT2D eigenvalue weighted by molar-refractivity contribution is -0.118. The minimum absolute atomic E-state index is 0.283. The summed E-state index contributed by atoms with van der Waals surface area (Å²) in [4.78, 5) is 37.3. The maximum atomic E-state index is 12.5. The highest BCUT2D eigenvalue weighted by Crippen LogP contribution is 2.38. The summed E-state index contributed by atoms with van der Waals surface area (Å²) in [7, 11) is 1.30. The summed E-state index contributed by atoms with van der Waals surface area (Å²) < 4.78 is 15.6. The van der Waals surface area contributed by atoms with E-state index >= 15 is 0 Å². The van der Waals surface area contributed by atoms with Gasteiger partial charge in [0.05, 0.1) is 7.11 Å². The van der Waals surface area contributed by atoms with Gasteiger partial charge in [-0.3, -0.25) is 4.79 Å². The lowest BCUT2D eigenvalue weighted by atomic mass is 10.1. The third-order valence-electron chi connectivity index (χ3n) is 4.51. The maximum Gasteiger partial charge on any atom is 0.341 e. The Morgan fingerprint density at radius 1 is 1.16 bits per heavy atom. The number of hydrogen-bond donors (Lipinski definition) is 1. The van der Waals surface area contributed by atoms with E-state index < -0.39 is 17.5 Å². The first-order chi connectivity index (χ1) is 15.0. The molecular weight excluding hydrogens is 438 g/mol. The van der Waals surface area contributed by atoms with E-state index in [1.54, 1.807) is 18.2 Å². The smallest absolute Gasteiger partial charge is 0.341 e. The summed E-state index contributed by atoms with van der Waals surface area (Å²) in [5, 5.41) is 7.62. The molecule has 158 valence electrons. The van der Waals surface area contributed by atoms with Gasteiger partial charge >= 0.3 is 11.6 Å². The van der Waals surface area contributed by atoms with Crippen molar-refractivity contribution < 1.29 is 23.5 Å². The van der Waals surface area contributed by atoms with Crippen LogP contribution >= 0.6 is 22.7 Å². The van der Waals surface area contributed by atoms with Gasteiger partial charge in [0, 0.05) is 33.3 Å². The molecule has 4 aromatic rings. The Morgan fingerprint density at radius 3 is 2.74 bits per heavy atom. The summed E-state index contributed by atoms with van der Waals surface area (Å²) in [6.07, 6.45) is 0. The van der Waals surface area contributed by atoms with Crippen molar-refractivity contribution in [3.8, 4) is 16.2 Å². The number of fused-ring (bicyclic) bond motifs is 1. The van der Waals surface area contributed by atoms with Crippen LogP contribution in [0.1, 0.15) is 15.9 Å². The first kappa shape index (κ1) is 20.8. The van der Waals surface area contributed by atoms with Gasteiger partial charge < -0.3 is 19.2 Å². The molecule has 0 atom stereocenters. The van der Waals surface area contributed by atoms with Gasteiger partial charge in [0.2, 0.25) is 0 Å². The molecule has 9 heteroatoms. The van der Waals surface area contributed by atoms with Gasteiger partial charge in [0.25, 0.3) is 5.91 Å². The van der Waals surface area contributed by atoms with E-state index in [9.17, 15) is 14.4 Å². The van der Waals surface area contributed by atoms with Crippen LogP contribution in [0.5, 0.6) is 5.75 Å². The zero-order chi connectivity index (χ0) is 22.0. The van der Waals surface area contributed by atoms with Gasteiger partial charge in [0.1, 0.15) is 21.9 Å². The van der Waals surface area contributed by atoms with Crippen LogP contribution in [0.4, 0.5) is 5.00 Å². The molecular formula is C22H17NO6S2. The second-order valence-corrected chi connectivity index (χ2v) is 8.39. The number of ether oxygens (including phenoxy) is 2. The summed E-state index contributed by atoms with van der Waals surface area (Å²) >= 11 is 2.73. The number of esters is 1. The SMILES string of the molecule is COC(=O)c1c(-c2cccs2)csc1NC(=O)COc1ccc2c(C)cc(=O)oc2c1.